The molecule has 1 aromatic carbocycles. The van der Waals surface area contributed by atoms with Gasteiger partial charge in [0.15, 0.2) is 0 Å². The Balaban J connectivity index is 1.68. The second-order valence-electron chi connectivity index (χ2n) is 4.34. The van der Waals surface area contributed by atoms with Crippen LogP contribution in [0.1, 0.15) is 26.3 Å². The summed E-state index contributed by atoms with van der Waals surface area (Å²) in [5.74, 6) is -0.456. The summed E-state index contributed by atoms with van der Waals surface area (Å²) in [6, 6.07) is 10.3. The van der Waals surface area contributed by atoms with Gasteiger partial charge in [-0.1, -0.05) is 18.2 Å². The number of carbonyl (C=O) groups is 2. The molecule has 0 N–H and O–H groups in total. The molecule has 1 aliphatic rings. The summed E-state index contributed by atoms with van der Waals surface area (Å²) >= 11 is 0. The van der Waals surface area contributed by atoms with Gasteiger partial charge in [0, 0.05) is 18.0 Å². The number of aromatic nitrogens is 1. The zero-order chi connectivity index (χ0) is 14.7. The highest BCUT2D eigenvalue weighted by Gasteiger charge is 2.25. The summed E-state index contributed by atoms with van der Waals surface area (Å²) in [7, 11) is 0. The molecule has 3 rings (SSSR count). The molecular weight excluding hydrogens is 270 g/mol. The monoisotopic (exact) mass is 281 g/mol. The molecule has 0 aliphatic carbocycles. The number of pyridine rings is 1. The van der Waals surface area contributed by atoms with Crippen molar-refractivity contribution in [2.45, 2.75) is 0 Å². The minimum Gasteiger partial charge on any atom is -0.458 e. The van der Waals surface area contributed by atoms with Crippen molar-refractivity contribution in [2.75, 3.05) is 6.61 Å². The Morgan fingerprint density at radius 3 is 2.76 bits per heavy atom. The highest BCUT2D eigenvalue weighted by molar-refractivity contribution is 6.02. The van der Waals surface area contributed by atoms with E-state index >= 15 is 0 Å². The molecule has 0 fully saturated rings. The Morgan fingerprint density at radius 1 is 1.19 bits per heavy atom. The Hall–Kier alpha value is -2.95. The standard InChI is InChI=1S/C16H11NO4/c18-15(11-4-3-8-17-10-11)20-9-7-14-12-5-1-2-6-13(12)16(19)21-14/h1-8,10H,9H2/b14-7+. The van der Waals surface area contributed by atoms with E-state index in [1.54, 1.807) is 42.6 Å². The molecule has 2 heterocycles. The lowest BCUT2D eigenvalue weighted by Gasteiger charge is -2.02. The van der Waals surface area contributed by atoms with Crippen molar-refractivity contribution in [2.24, 2.45) is 0 Å². The van der Waals surface area contributed by atoms with Crippen LogP contribution in [-0.2, 0) is 9.47 Å². The zero-order valence-corrected chi connectivity index (χ0v) is 11.0. The fourth-order valence-corrected chi connectivity index (χ4v) is 2.00. The Bertz CT molecular complexity index is 722. The molecule has 5 nitrogen and oxygen atoms in total. The van der Waals surface area contributed by atoms with Crippen molar-refractivity contribution in [1.29, 1.82) is 0 Å². The zero-order valence-electron chi connectivity index (χ0n) is 11.0. The molecule has 21 heavy (non-hydrogen) atoms. The first-order valence-electron chi connectivity index (χ1n) is 6.34. The van der Waals surface area contributed by atoms with Gasteiger partial charge in [0.25, 0.3) is 0 Å². The fraction of sp³-hybridized carbons (Fsp3) is 0.0625. The van der Waals surface area contributed by atoms with Crippen LogP contribution in [-0.4, -0.2) is 23.5 Å². The van der Waals surface area contributed by atoms with Crippen molar-refractivity contribution in [3.8, 4) is 0 Å². The number of carbonyl (C=O) groups excluding carboxylic acids is 2. The van der Waals surface area contributed by atoms with E-state index in [2.05, 4.69) is 4.98 Å². The molecule has 0 radical (unpaired) electrons. The van der Waals surface area contributed by atoms with Gasteiger partial charge in [-0.15, -0.1) is 0 Å². The molecule has 5 heteroatoms. The normalized spacial score (nSPS) is 14.7. The SMILES string of the molecule is O=C(OC/C=C1/OC(=O)c2ccccc21)c1cccnc1. The van der Waals surface area contributed by atoms with Gasteiger partial charge in [-0.05, 0) is 24.3 Å². The third-order valence-electron chi connectivity index (χ3n) is 3.00. The van der Waals surface area contributed by atoms with Crippen molar-refractivity contribution in [3.05, 3.63) is 71.6 Å². The Morgan fingerprint density at radius 2 is 2.00 bits per heavy atom. The Kier molecular flexibility index (Phi) is 3.47. The topological polar surface area (TPSA) is 65.5 Å². The number of nitrogens with zero attached hydrogens (tertiary/aromatic N) is 1. The van der Waals surface area contributed by atoms with Crippen LogP contribution in [0.4, 0.5) is 0 Å². The van der Waals surface area contributed by atoms with Crippen LogP contribution < -0.4 is 0 Å². The van der Waals surface area contributed by atoms with Gasteiger partial charge in [0.05, 0.1) is 11.1 Å². The smallest absolute Gasteiger partial charge is 0.344 e. The number of fused-ring (bicyclic) bond motifs is 1. The van der Waals surface area contributed by atoms with E-state index in [0.717, 1.165) is 0 Å². The first kappa shape index (κ1) is 13.1. The van der Waals surface area contributed by atoms with E-state index < -0.39 is 11.9 Å². The van der Waals surface area contributed by atoms with E-state index in [0.29, 0.717) is 22.4 Å². The molecule has 0 bridgehead atoms. The third kappa shape index (κ3) is 2.67. The number of cyclic esters (lactones) is 1. The second kappa shape index (κ2) is 5.58. The van der Waals surface area contributed by atoms with Crippen LogP contribution in [0.25, 0.3) is 5.76 Å². The molecule has 0 saturated carbocycles. The van der Waals surface area contributed by atoms with Gasteiger partial charge in [0.2, 0.25) is 0 Å². The molecular formula is C16H11NO4. The summed E-state index contributed by atoms with van der Waals surface area (Å²) in [4.78, 5) is 27.2. The number of ether oxygens (including phenoxy) is 2. The lowest BCUT2D eigenvalue weighted by Crippen LogP contribution is -2.05. The van der Waals surface area contributed by atoms with Crippen molar-refractivity contribution >= 4 is 17.7 Å². The average Bonchev–Trinajstić information content (AvgIpc) is 2.85. The lowest BCUT2D eigenvalue weighted by molar-refractivity contribution is 0.0548. The molecule has 104 valence electrons. The van der Waals surface area contributed by atoms with Crippen LogP contribution in [0.3, 0.4) is 0 Å². The van der Waals surface area contributed by atoms with Crippen molar-refractivity contribution in [1.82, 2.24) is 4.98 Å². The third-order valence-corrected chi connectivity index (χ3v) is 3.00. The summed E-state index contributed by atoms with van der Waals surface area (Å²) in [6.07, 6.45) is 4.58. The van der Waals surface area contributed by atoms with E-state index in [-0.39, 0.29) is 6.61 Å². The number of benzene rings is 1. The van der Waals surface area contributed by atoms with Crippen LogP contribution >= 0.6 is 0 Å². The van der Waals surface area contributed by atoms with Gasteiger partial charge >= 0.3 is 11.9 Å². The van der Waals surface area contributed by atoms with Gasteiger partial charge in [0.1, 0.15) is 12.4 Å². The van der Waals surface area contributed by atoms with E-state index in [1.165, 1.54) is 6.20 Å². The van der Waals surface area contributed by atoms with Crippen molar-refractivity contribution in [3.63, 3.8) is 0 Å². The molecule has 0 saturated heterocycles. The van der Waals surface area contributed by atoms with Gasteiger partial charge in [-0.2, -0.15) is 0 Å². The van der Waals surface area contributed by atoms with Gasteiger partial charge in [-0.3, -0.25) is 4.98 Å². The number of rotatable bonds is 3. The first-order chi connectivity index (χ1) is 10.3. The van der Waals surface area contributed by atoms with Gasteiger partial charge in [-0.25, -0.2) is 9.59 Å². The minimum absolute atomic E-state index is 0.0185. The fourth-order valence-electron chi connectivity index (χ4n) is 2.00. The maximum absolute atomic E-state index is 11.7. The quantitative estimate of drug-likeness (QED) is 0.808. The molecule has 0 atom stereocenters. The molecule has 0 amide bonds. The van der Waals surface area contributed by atoms with Crippen LogP contribution in [0.15, 0.2) is 54.9 Å². The van der Waals surface area contributed by atoms with Crippen molar-refractivity contribution < 1.29 is 19.1 Å². The predicted molar refractivity (Wildman–Crippen MR) is 74.4 cm³/mol. The summed E-state index contributed by atoms with van der Waals surface area (Å²) in [6.45, 7) is 0.0185. The number of hydrogen-bond donors (Lipinski definition) is 0. The average molecular weight is 281 g/mol. The molecule has 1 aromatic heterocycles. The number of esters is 2. The molecule has 1 aliphatic heterocycles. The number of hydrogen-bond acceptors (Lipinski definition) is 5. The first-order valence-corrected chi connectivity index (χ1v) is 6.34. The van der Waals surface area contributed by atoms with Crippen LogP contribution in [0, 0.1) is 0 Å². The molecule has 0 spiro atoms. The summed E-state index contributed by atoms with van der Waals surface area (Å²) in [5.41, 5.74) is 1.60. The van der Waals surface area contributed by atoms with E-state index in [1.807, 2.05) is 6.07 Å². The highest BCUT2D eigenvalue weighted by Crippen LogP contribution is 2.28. The van der Waals surface area contributed by atoms with E-state index in [9.17, 15) is 9.59 Å². The van der Waals surface area contributed by atoms with E-state index in [4.69, 9.17) is 9.47 Å². The van der Waals surface area contributed by atoms with Crippen LogP contribution in [0.2, 0.25) is 0 Å². The predicted octanol–water partition coefficient (Wildman–Crippen LogP) is 2.45. The summed E-state index contributed by atoms with van der Waals surface area (Å²) in [5, 5.41) is 0. The maximum Gasteiger partial charge on any atom is 0.344 e. The lowest BCUT2D eigenvalue weighted by atomic mass is 10.1. The summed E-state index contributed by atoms with van der Waals surface area (Å²) < 4.78 is 10.2. The van der Waals surface area contributed by atoms with Crippen LogP contribution in [0.5, 0.6) is 0 Å². The molecule has 0 unspecified atom stereocenters. The largest absolute Gasteiger partial charge is 0.458 e. The molecule has 2 aromatic rings. The minimum atomic E-state index is -0.474. The second-order valence-corrected chi connectivity index (χ2v) is 4.34. The maximum atomic E-state index is 11.7. The highest BCUT2D eigenvalue weighted by atomic mass is 16.5. The van der Waals surface area contributed by atoms with Gasteiger partial charge < -0.3 is 9.47 Å². The Labute approximate surface area is 120 Å².